The van der Waals surface area contributed by atoms with Crippen molar-refractivity contribution in [3.8, 4) is 0 Å². The SMILES string of the molecule is COCC1(c2ccc(CC(C)(C)C(=O)O)cc2)CC1. The van der Waals surface area contributed by atoms with Gasteiger partial charge in [-0.1, -0.05) is 24.3 Å². The lowest BCUT2D eigenvalue weighted by Crippen LogP contribution is -2.26. The molecular formula is C16H22O3. The molecule has 0 bridgehead atoms. The molecule has 3 nitrogen and oxygen atoms in total. The first-order valence-corrected chi connectivity index (χ1v) is 6.71. The Kier molecular flexibility index (Phi) is 3.68. The molecule has 0 spiro atoms. The average Bonchev–Trinajstić information content (AvgIpc) is 3.11. The Morgan fingerprint density at radius 3 is 2.32 bits per heavy atom. The molecule has 0 amide bonds. The number of hydrogen-bond acceptors (Lipinski definition) is 2. The number of carbonyl (C=O) groups is 1. The van der Waals surface area contributed by atoms with E-state index in [1.54, 1.807) is 21.0 Å². The van der Waals surface area contributed by atoms with Crippen molar-refractivity contribution in [2.24, 2.45) is 5.41 Å². The van der Waals surface area contributed by atoms with Crippen LogP contribution < -0.4 is 0 Å². The molecule has 0 unspecified atom stereocenters. The highest BCUT2D eigenvalue weighted by Crippen LogP contribution is 2.48. The third-order valence-electron chi connectivity index (χ3n) is 4.07. The van der Waals surface area contributed by atoms with Crippen LogP contribution in [-0.2, 0) is 21.4 Å². The first-order chi connectivity index (χ1) is 8.89. The van der Waals surface area contributed by atoms with E-state index in [-0.39, 0.29) is 5.41 Å². The quantitative estimate of drug-likeness (QED) is 0.857. The summed E-state index contributed by atoms with van der Waals surface area (Å²) in [6, 6.07) is 8.35. The maximum atomic E-state index is 11.1. The van der Waals surface area contributed by atoms with Crippen LogP contribution in [0.3, 0.4) is 0 Å². The number of benzene rings is 1. The molecule has 0 heterocycles. The number of aliphatic carboxylic acids is 1. The number of hydrogen-bond donors (Lipinski definition) is 1. The highest BCUT2D eigenvalue weighted by Gasteiger charge is 2.44. The van der Waals surface area contributed by atoms with E-state index >= 15 is 0 Å². The van der Waals surface area contributed by atoms with E-state index in [1.165, 1.54) is 18.4 Å². The number of methoxy groups -OCH3 is 1. The van der Waals surface area contributed by atoms with Crippen LogP contribution in [0.4, 0.5) is 0 Å². The summed E-state index contributed by atoms with van der Waals surface area (Å²) < 4.78 is 5.29. The van der Waals surface area contributed by atoms with Gasteiger partial charge in [-0.15, -0.1) is 0 Å². The van der Waals surface area contributed by atoms with E-state index in [0.29, 0.717) is 6.42 Å². The molecule has 1 aromatic carbocycles. The summed E-state index contributed by atoms with van der Waals surface area (Å²) in [5.74, 6) is -0.755. The Morgan fingerprint density at radius 2 is 1.89 bits per heavy atom. The highest BCUT2D eigenvalue weighted by atomic mass is 16.5. The van der Waals surface area contributed by atoms with Crippen LogP contribution in [0, 0.1) is 5.41 Å². The van der Waals surface area contributed by atoms with Gasteiger partial charge in [0.25, 0.3) is 0 Å². The molecule has 0 radical (unpaired) electrons. The van der Waals surface area contributed by atoms with Gasteiger partial charge in [-0.3, -0.25) is 4.79 Å². The second-order valence-electron chi connectivity index (χ2n) is 6.28. The molecule has 0 atom stereocenters. The summed E-state index contributed by atoms with van der Waals surface area (Å²) in [5, 5.41) is 9.15. The van der Waals surface area contributed by atoms with Crippen molar-refractivity contribution in [2.75, 3.05) is 13.7 Å². The third-order valence-corrected chi connectivity index (χ3v) is 4.07. The van der Waals surface area contributed by atoms with Gasteiger partial charge in [0, 0.05) is 12.5 Å². The zero-order valence-corrected chi connectivity index (χ0v) is 11.9. The molecule has 1 aromatic rings. The zero-order chi connectivity index (χ0) is 14.1. The van der Waals surface area contributed by atoms with Gasteiger partial charge in [0.2, 0.25) is 0 Å². The normalized spacial score (nSPS) is 17.2. The van der Waals surface area contributed by atoms with E-state index in [1.807, 2.05) is 0 Å². The van der Waals surface area contributed by atoms with Crippen molar-refractivity contribution in [1.82, 2.24) is 0 Å². The molecule has 0 saturated heterocycles. The molecule has 1 saturated carbocycles. The number of ether oxygens (including phenoxy) is 1. The Labute approximate surface area is 114 Å². The maximum absolute atomic E-state index is 11.1. The topological polar surface area (TPSA) is 46.5 Å². The van der Waals surface area contributed by atoms with Crippen LogP contribution in [0.15, 0.2) is 24.3 Å². The second-order valence-corrected chi connectivity index (χ2v) is 6.28. The van der Waals surface area contributed by atoms with Crippen LogP contribution in [-0.4, -0.2) is 24.8 Å². The Hall–Kier alpha value is -1.35. The van der Waals surface area contributed by atoms with Crippen LogP contribution in [0.25, 0.3) is 0 Å². The fourth-order valence-electron chi connectivity index (χ4n) is 2.51. The fraction of sp³-hybridized carbons (Fsp3) is 0.562. The van der Waals surface area contributed by atoms with E-state index in [4.69, 9.17) is 9.84 Å². The second kappa shape index (κ2) is 4.97. The first-order valence-electron chi connectivity index (χ1n) is 6.71. The molecule has 19 heavy (non-hydrogen) atoms. The number of rotatable bonds is 6. The minimum atomic E-state index is -0.755. The number of carboxylic acid groups (broad SMARTS) is 1. The van der Waals surface area contributed by atoms with Gasteiger partial charge < -0.3 is 9.84 Å². The van der Waals surface area contributed by atoms with Gasteiger partial charge in [0.15, 0.2) is 0 Å². The molecule has 3 heteroatoms. The lowest BCUT2D eigenvalue weighted by Gasteiger charge is -2.20. The zero-order valence-electron chi connectivity index (χ0n) is 11.9. The van der Waals surface area contributed by atoms with Crippen LogP contribution >= 0.6 is 0 Å². The van der Waals surface area contributed by atoms with Crippen LogP contribution in [0.5, 0.6) is 0 Å². The van der Waals surface area contributed by atoms with Crippen molar-refractivity contribution < 1.29 is 14.6 Å². The van der Waals surface area contributed by atoms with Crippen molar-refractivity contribution >= 4 is 5.97 Å². The van der Waals surface area contributed by atoms with Crippen LogP contribution in [0.2, 0.25) is 0 Å². The minimum absolute atomic E-state index is 0.218. The Morgan fingerprint density at radius 1 is 1.32 bits per heavy atom. The predicted molar refractivity (Wildman–Crippen MR) is 74.4 cm³/mol. The first kappa shape index (κ1) is 14.1. The fourth-order valence-corrected chi connectivity index (χ4v) is 2.51. The van der Waals surface area contributed by atoms with E-state index < -0.39 is 11.4 Å². The van der Waals surface area contributed by atoms with Gasteiger partial charge in [0.05, 0.1) is 12.0 Å². The molecule has 104 valence electrons. The highest BCUT2D eigenvalue weighted by molar-refractivity contribution is 5.74. The van der Waals surface area contributed by atoms with Gasteiger partial charge in [0.1, 0.15) is 0 Å². The summed E-state index contributed by atoms with van der Waals surface area (Å²) in [5.41, 5.74) is 1.89. The largest absolute Gasteiger partial charge is 0.481 e. The molecule has 1 fully saturated rings. The van der Waals surface area contributed by atoms with Gasteiger partial charge in [-0.05, 0) is 44.2 Å². The molecule has 1 aliphatic carbocycles. The van der Waals surface area contributed by atoms with Crippen molar-refractivity contribution in [3.05, 3.63) is 35.4 Å². The standard InChI is InChI=1S/C16H22O3/c1-15(2,14(17)18)10-12-4-6-13(7-5-12)16(8-9-16)11-19-3/h4-7H,8-11H2,1-3H3,(H,17,18). The van der Waals surface area contributed by atoms with Gasteiger partial charge >= 0.3 is 5.97 Å². The number of carboxylic acids is 1. The van der Waals surface area contributed by atoms with Gasteiger partial charge in [-0.25, -0.2) is 0 Å². The van der Waals surface area contributed by atoms with E-state index in [2.05, 4.69) is 24.3 Å². The lowest BCUT2D eigenvalue weighted by atomic mass is 9.85. The summed E-state index contributed by atoms with van der Waals surface area (Å²) in [7, 11) is 1.74. The van der Waals surface area contributed by atoms with E-state index in [0.717, 1.165) is 12.2 Å². The molecule has 0 aromatic heterocycles. The molecule has 1 N–H and O–H groups in total. The predicted octanol–water partition coefficient (Wildman–Crippen LogP) is 3.02. The summed E-state index contributed by atoms with van der Waals surface area (Å²) in [6.45, 7) is 4.29. The summed E-state index contributed by atoms with van der Waals surface area (Å²) >= 11 is 0. The maximum Gasteiger partial charge on any atom is 0.309 e. The smallest absolute Gasteiger partial charge is 0.309 e. The Bertz CT molecular complexity index is 455. The lowest BCUT2D eigenvalue weighted by molar-refractivity contribution is -0.146. The Balaban J connectivity index is 2.09. The average molecular weight is 262 g/mol. The van der Waals surface area contributed by atoms with Crippen molar-refractivity contribution in [3.63, 3.8) is 0 Å². The summed E-state index contributed by atoms with van der Waals surface area (Å²) in [6.07, 6.45) is 2.92. The monoisotopic (exact) mass is 262 g/mol. The minimum Gasteiger partial charge on any atom is -0.481 e. The van der Waals surface area contributed by atoms with Crippen LogP contribution in [0.1, 0.15) is 37.8 Å². The third kappa shape index (κ3) is 2.98. The molecule has 1 aliphatic rings. The molecule has 2 rings (SSSR count). The van der Waals surface area contributed by atoms with Gasteiger partial charge in [-0.2, -0.15) is 0 Å². The van der Waals surface area contributed by atoms with Crippen molar-refractivity contribution in [2.45, 2.75) is 38.5 Å². The van der Waals surface area contributed by atoms with E-state index in [9.17, 15) is 4.79 Å². The molecular weight excluding hydrogens is 240 g/mol. The van der Waals surface area contributed by atoms with Crippen molar-refractivity contribution in [1.29, 1.82) is 0 Å². The summed E-state index contributed by atoms with van der Waals surface area (Å²) in [4.78, 5) is 11.1. The molecule has 0 aliphatic heterocycles.